The van der Waals surface area contributed by atoms with Crippen molar-refractivity contribution in [1.29, 1.82) is 5.41 Å². The number of ketones is 1. The number of methoxy groups -OCH3 is 1. The van der Waals surface area contributed by atoms with Crippen LogP contribution in [0.2, 0.25) is 0 Å². The molecule has 142 valence electrons. The van der Waals surface area contributed by atoms with Crippen molar-refractivity contribution in [2.24, 2.45) is 0 Å². The van der Waals surface area contributed by atoms with Crippen LogP contribution in [-0.2, 0) is 11.2 Å². The number of Topliss-reactive ketones (excluding diaryl/α,β-unsaturated/α-hetero) is 1. The smallest absolute Gasteiger partial charge is 0.186 e. The van der Waals surface area contributed by atoms with Gasteiger partial charge in [0.1, 0.15) is 15.9 Å². The number of thioether (sulfide) groups is 1. The molecule has 6 nitrogen and oxygen atoms in total. The molecule has 1 saturated heterocycles. The third-order valence-corrected chi connectivity index (χ3v) is 5.99. The SMILES string of the molecule is CCc1nnc(C2C(=N)SC(=Cc3ccc(OC(C)C)c(OC)c3)C2=O)s1. The van der Waals surface area contributed by atoms with Crippen LogP contribution in [0.25, 0.3) is 6.08 Å². The highest BCUT2D eigenvalue weighted by Gasteiger charge is 2.39. The standard InChI is InChI=1S/C19H21N3O3S2/c1-5-15-21-22-19(27-15)16-17(23)14(26-18(16)20)9-11-6-7-12(25-10(2)3)13(8-11)24-4/h6-10,16,20H,5H2,1-4H3. The van der Waals surface area contributed by atoms with Gasteiger partial charge >= 0.3 is 0 Å². The summed E-state index contributed by atoms with van der Waals surface area (Å²) >= 11 is 2.58. The number of hydrogen-bond acceptors (Lipinski definition) is 8. The Kier molecular flexibility index (Phi) is 5.96. The molecule has 1 aliphatic heterocycles. The number of rotatable bonds is 6. The van der Waals surface area contributed by atoms with Gasteiger partial charge in [-0.05, 0) is 44.0 Å². The van der Waals surface area contributed by atoms with Crippen molar-refractivity contribution in [3.8, 4) is 11.5 Å². The number of nitrogens with one attached hydrogen (secondary N) is 1. The Balaban J connectivity index is 1.87. The molecular weight excluding hydrogens is 382 g/mol. The van der Waals surface area contributed by atoms with E-state index in [1.54, 1.807) is 13.2 Å². The molecule has 1 aromatic heterocycles. The summed E-state index contributed by atoms with van der Waals surface area (Å²) in [4.78, 5) is 13.4. The van der Waals surface area contributed by atoms with E-state index >= 15 is 0 Å². The van der Waals surface area contributed by atoms with E-state index in [1.165, 1.54) is 23.1 Å². The van der Waals surface area contributed by atoms with Gasteiger partial charge in [-0.25, -0.2) is 0 Å². The lowest BCUT2D eigenvalue weighted by Gasteiger charge is -2.13. The molecule has 0 aliphatic carbocycles. The first-order chi connectivity index (χ1) is 12.9. The van der Waals surface area contributed by atoms with Gasteiger partial charge in [0.25, 0.3) is 0 Å². The number of benzene rings is 1. The highest BCUT2D eigenvalue weighted by Crippen LogP contribution is 2.42. The van der Waals surface area contributed by atoms with Gasteiger partial charge in [0.2, 0.25) is 0 Å². The molecular formula is C19H21N3O3S2. The number of aromatic nitrogens is 2. The fraction of sp³-hybridized carbons (Fsp3) is 0.368. The number of nitrogens with zero attached hydrogens (tertiary/aromatic N) is 2. The minimum atomic E-state index is -0.635. The minimum Gasteiger partial charge on any atom is -0.493 e. The summed E-state index contributed by atoms with van der Waals surface area (Å²) < 4.78 is 11.1. The van der Waals surface area contributed by atoms with Gasteiger partial charge in [-0.1, -0.05) is 24.8 Å². The molecule has 1 fully saturated rings. The van der Waals surface area contributed by atoms with Crippen LogP contribution < -0.4 is 9.47 Å². The minimum absolute atomic E-state index is 0.0382. The molecule has 3 rings (SSSR count). The van der Waals surface area contributed by atoms with Crippen molar-refractivity contribution < 1.29 is 14.3 Å². The largest absolute Gasteiger partial charge is 0.493 e. The molecule has 1 N–H and O–H groups in total. The zero-order valence-electron chi connectivity index (χ0n) is 15.6. The summed E-state index contributed by atoms with van der Waals surface area (Å²) in [6.45, 7) is 5.89. The Morgan fingerprint density at radius 1 is 1.30 bits per heavy atom. The molecule has 1 atom stereocenters. The van der Waals surface area contributed by atoms with E-state index in [9.17, 15) is 4.79 Å². The summed E-state index contributed by atoms with van der Waals surface area (Å²) in [6, 6.07) is 5.53. The van der Waals surface area contributed by atoms with Crippen LogP contribution in [0.3, 0.4) is 0 Å². The van der Waals surface area contributed by atoms with Crippen LogP contribution in [0.15, 0.2) is 23.1 Å². The lowest BCUT2D eigenvalue weighted by molar-refractivity contribution is -0.114. The summed E-state index contributed by atoms with van der Waals surface area (Å²) in [5, 5.41) is 18.2. The van der Waals surface area contributed by atoms with E-state index in [0.717, 1.165) is 17.0 Å². The van der Waals surface area contributed by atoms with Crippen molar-refractivity contribution in [3.05, 3.63) is 38.7 Å². The second kappa shape index (κ2) is 8.22. The fourth-order valence-electron chi connectivity index (χ4n) is 2.62. The summed E-state index contributed by atoms with van der Waals surface area (Å²) in [5.41, 5.74) is 0.818. The quantitative estimate of drug-likeness (QED) is 0.723. The maximum absolute atomic E-state index is 12.8. The molecule has 8 heteroatoms. The molecule has 0 spiro atoms. The maximum atomic E-state index is 12.8. The van der Waals surface area contributed by atoms with Crippen LogP contribution in [0.5, 0.6) is 11.5 Å². The van der Waals surface area contributed by atoms with E-state index < -0.39 is 5.92 Å². The predicted molar refractivity (Wildman–Crippen MR) is 109 cm³/mol. The Hall–Kier alpha value is -2.19. The van der Waals surface area contributed by atoms with Crippen LogP contribution in [-0.4, -0.2) is 34.2 Å². The molecule has 0 radical (unpaired) electrons. The van der Waals surface area contributed by atoms with Crippen LogP contribution in [0.1, 0.15) is 42.3 Å². The summed E-state index contributed by atoms with van der Waals surface area (Å²) in [7, 11) is 1.58. The van der Waals surface area contributed by atoms with Gasteiger partial charge in [-0.3, -0.25) is 10.2 Å². The lowest BCUT2D eigenvalue weighted by Crippen LogP contribution is -2.11. The predicted octanol–water partition coefficient (Wildman–Crippen LogP) is 4.31. The van der Waals surface area contributed by atoms with E-state index in [0.29, 0.717) is 21.4 Å². The van der Waals surface area contributed by atoms with Crippen molar-refractivity contribution in [1.82, 2.24) is 10.2 Å². The second-order valence-corrected chi connectivity index (χ2v) is 8.41. The molecule has 0 amide bonds. The van der Waals surface area contributed by atoms with E-state index in [4.69, 9.17) is 14.9 Å². The van der Waals surface area contributed by atoms with E-state index in [1.807, 2.05) is 39.0 Å². The van der Waals surface area contributed by atoms with E-state index in [2.05, 4.69) is 10.2 Å². The third kappa shape index (κ3) is 4.22. The lowest BCUT2D eigenvalue weighted by atomic mass is 10.1. The Bertz CT molecular complexity index is 905. The Morgan fingerprint density at radius 2 is 2.07 bits per heavy atom. The average molecular weight is 404 g/mol. The van der Waals surface area contributed by atoms with Crippen LogP contribution >= 0.6 is 23.1 Å². The average Bonchev–Trinajstić information content (AvgIpc) is 3.20. The zero-order valence-corrected chi connectivity index (χ0v) is 17.2. The normalized spacial score (nSPS) is 18.6. The van der Waals surface area contributed by atoms with Crippen molar-refractivity contribution >= 4 is 40.0 Å². The molecule has 2 aromatic rings. The molecule has 0 bridgehead atoms. The zero-order chi connectivity index (χ0) is 19.6. The number of allylic oxidation sites excluding steroid dienone is 1. The Labute approximate surface area is 166 Å². The summed E-state index contributed by atoms with van der Waals surface area (Å²) in [5.74, 6) is 0.526. The van der Waals surface area contributed by atoms with Gasteiger partial charge in [0.05, 0.1) is 23.2 Å². The first-order valence-electron chi connectivity index (χ1n) is 8.62. The molecule has 27 heavy (non-hydrogen) atoms. The monoisotopic (exact) mass is 403 g/mol. The first-order valence-corrected chi connectivity index (χ1v) is 10.2. The van der Waals surface area contributed by atoms with Gasteiger partial charge < -0.3 is 9.47 Å². The van der Waals surface area contributed by atoms with Crippen molar-refractivity contribution in [2.45, 2.75) is 39.2 Å². The molecule has 2 heterocycles. The molecule has 1 unspecified atom stereocenters. The highest BCUT2D eigenvalue weighted by molar-refractivity contribution is 8.19. The van der Waals surface area contributed by atoms with Gasteiger partial charge in [0.15, 0.2) is 17.3 Å². The van der Waals surface area contributed by atoms with Gasteiger partial charge in [0, 0.05) is 0 Å². The summed E-state index contributed by atoms with van der Waals surface area (Å²) in [6.07, 6.45) is 2.59. The van der Waals surface area contributed by atoms with Crippen molar-refractivity contribution in [3.63, 3.8) is 0 Å². The number of carbonyl (C=O) groups excluding carboxylic acids is 1. The fourth-order valence-corrected chi connectivity index (χ4v) is 4.57. The number of carbonyl (C=O) groups is 1. The van der Waals surface area contributed by atoms with Crippen molar-refractivity contribution in [2.75, 3.05) is 7.11 Å². The third-order valence-electron chi connectivity index (χ3n) is 3.87. The molecule has 1 aliphatic rings. The van der Waals surface area contributed by atoms with E-state index in [-0.39, 0.29) is 16.9 Å². The second-order valence-electron chi connectivity index (χ2n) is 6.24. The maximum Gasteiger partial charge on any atom is 0.186 e. The van der Waals surface area contributed by atoms with Gasteiger partial charge in [-0.2, -0.15) is 0 Å². The van der Waals surface area contributed by atoms with Crippen LogP contribution in [0.4, 0.5) is 0 Å². The number of aryl methyl sites for hydroxylation is 1. The molecule has 0 saturated carbocycles. The molecule has 1 aromatic carbocycles. The van der Waals surface area contributed by atoms with Gasteiger partial charge in [-0.15, -0.1) is 21.5 Å². The number of hydrogen-bond donors (Lipinski definition) is 1. The topological polar surface area (TPSA) is 85.2 Å². The Morgan fingerprint density at radius 3 is 2.70 bits per heavy atom. The van der Waals surface area contributed by atoms with Crippen LogP contribution in [0, 0.1) is 5.41 Å². The first kappa shape index (κ1) is 19.6. The number of ether oxygens (including phenoxy) is 2. The highest BCUT2D eigenvalue weighted by atomic mass is 32.2.